The maximum Gasteiger partial charge on any atom is 0.232 e. The zero-order valence-corrected chi connectivity index (χ0v) is 10.5. The lowest BCUT2D eigenvalue weighted by Gasteiger charge is -2.08. The van der Waals surface area contributed by atoms with Crippen LogP contribution in [0.1, 0.15) is 30.1 Å². The Bertz CT molecular complexity index is 532. The van der Waals surface area contributed by atoms with Crippen LogP contribution in [0.4, 0.5) is 5.69 Å². The van der Waals surface area contributed by atoms with Crippen molar-refractivity contribution in [3.63, 3.8) is 0 Å². The number of benzene rings is 1. The molecule has 5 heteroatoms. The summed E-state index contributed by atoms with van der Waals surface area (Å²) in [6.45, 7) is 1.46. The highest BCUT2D eigenvalue weighted by atomic mass is 32.2. The van der Waals surface area contributed by atoms with Crippen LogP contribution >= 0.6 is 0 Å². The minimum Gasteiger partial charge on any atom is -0.295 e. The van der Waals surface area contributed by atoms with Crippen molar-refractivity contribution in [3.05, 3.63) is 29.8 Å². The van der Waals surface area contributed by atoms with Crippen LogP contribution in [-0.2, 0) is 10.0 Å². The second-order valence-electron chi connectivity index (χ2n) is 4.46. The first-order valence-corrected chi connectivity index (χ1v) is 7.23. The molecule has 1 saturated carbocycles. The number of anilines is 1. The van der Waals surface area contributed by atoms with Gasteiger partial charge in [-0.25, -0.2) is 8.42 Å². The molecule has 4 nitrogen and oxygen atoms in total. The summed E-state index contributed by atoms with van der Waals surface area (Å²) in [6.07, 6.45) is 1.99. The summed E-state index contributed by atoms with van der Waals surface area (Å²) in [5.41, 5.74) is 0.968. The Kier molecular flexibility index (Phi) is 3.19. The van der Waals surface area contributed by atoms with Crippen LogP contribution in [0.15, 0.2) is 24.3 Å². The molecule has 0 bridgehead atoms. The molecule has 0 aliphatic heterocycles. The molecule has 0 amide bonds. The normalized spacial score (nSPS) is 15.6. The van der Waals surface area contributed by atoms with Gasteiger partial charge in [-0.3, -0.25) is 9.52 Å². The first kappa shape index (κ1) is 12.1. The average Bonchev–Trinajstić information content (AvgIpc) is 3.00. The molecule has 0 aromatic heterocycles. The van der Waals surface area contributed by atoms with Crippen LogP contribution in [0, 0.1) is 5.92 Å². The van der Waals surface area contributed by atoms with Gasteiger partial charge in [-0.05, 0) is 37.8 Å². The summed E-state index contributed by atoms with van der Waals surface area (Å²) in [5.74, 6) is 0.411. The monoisotopic (exact) mass is 253 g/mol. The molecule has 1 fully saturated rings. The number of rotatable bonds is 5. The van der Waals surface area contributed by atoms with Gasteiger partial charge >= 0.3 is 0 Å². The Morgan fingerprint density at radius 2 is 2.12 bits per heavy atom. The van der Waals surface area contributed by atoms with E-state index in [1.54, 1.807) is 24.3 Å². The van der Waals surface area contributed by atoms with E-state index in [4.69, 9.17) is 0 Å². The van der Waals surface area contributed by atoms with Crippen molar-refractivity contribution in [2.75, 3.05) is 10.5 Å². The minimum absolute atomic E-state index is 0.0757. The molecule has 92 valence electrons. The fraction of sp³-hybridized carbons (Fsp3) is 0.417. The van der Waals surface area contributed by atoms with Gasteiger partial charge in [0.15, 0.2) is 5.78 Å². The topological polar surface area (TPSA) is 63.2 Å². The number of carbonyl (C=O) groups excluding carboxylic acids is 1. The van der Waals surface area contributed by atoms with E-state index in [0.29, 0.717) is 17.2 Å². The van der Waals surface area contributed by atoms with Crippen LogP contribution in [0.3, 0.4) is 0 Å². The molecule has 1 aliphatic rings. The lowest BCUT2D eigenvalue weighted by molar-refractivity contribution is 0.101. The van der Waals surface area contributed by atoms with Gasteiger partial charge in [0.1, 0.15) is 0 Å². The summed E-state index contributed by atoms with van der Waals surface area (Å²) in [7, 11) is -3.28. The standard InChI is InChI=1S/C12H15NO3S/c1-9(14)11-3-2-4-12(7-11)13-17(15,16)8-10-5-6-10/h2-4,7,10,13H,5-6,8H2,1H3. The molecule has 2 rings (SSSR count). The zero-order valence-electron chi connectivity index (χ0n) is 9.64. The lowest BCUT2D eigenvalue weighted by Crippen LogP contribution is -2.18. The van der Waals surface area contributed by atoms with Crippen LogP contribution in [0.5, 0.6) is 0 Å². The first-order chi connectivity index (χ1) is 7.96. The van der Waals surface area contributed by atoms with E-state index in [9.17, 15) is 13.2 Å². The Balaban J connectivity index is 2.12. The van der Waals surface area contributed by atoms with Crippen molar-refractivity contribution < 1.29 is 13.2 Å². The molecule has 0 spiro atoms. The summed E-state index contributed by atoms with van der Waals surface area (Å²) in [4.78, 5) is 11.2. The van der Waals surface area contributed by atoms with Gasteiger partial charge < -0.3 is 0 Å². The van der Waals surface area contributed by atoms with Crippen molar-refractivity contribution in [3.8, 4) is 0 Å². The molecular weight excluding hydrogens is 238 g/mol. The molecule has 1 N–H and O–H groups in total. The number of Topliss-reactive ketones (excluding diaryl/α,β-unsaturated/α-hetero) is 1. The number of sulfonamides is 1. The Labute approximate surface area is 101 Å². The van der Waals surface area contributed by atoms with Crippen molar-refractivity contribution in [1.29, 1.82) is 0 Å². The molecule has 17 heavy (non-hydrogen) atoms. The molecule has 0 unspecified atom stereocenters. The van der Waals surface area contributed by atoms with E-state index in [1.807, 2.05) is 0 Å². The molecule has 1 aromatic rings. The average molecular weight is 253 g/mol. The third kappa shape index (κ3) is 3.56. The van der Waals surface area contributed by atoms with Crippen LogP contribution in [0.2, 0.25) is 0 Å². The lowest BCUT2D eigenvalue weighted by atomic mass is 10.1. The van der Waals surface area contributed by atoms with Gasteiger partial charge in [-0.15, -0.1) is 0 Å². The molecule has 1 aromatic carbocycles. The van der Waals surface area contributed by atoms with Crippen molar-refractivity contribution in [1.82, 2.24) is 0 Å². The van der Waals surface area contributed by atoms with E-state index in [2.05, 4.69) is 4.72 Å². The van der Waals surface area contributed by atoms with Gasteiger partial charge in [0, 0.05) is 11.3 Å². The van der Waals surface area contributed by atoms with E-state index < -0.39 is 10.0 Å². The third-order valence-corrected chi connectivity index (χ3v) is 4.15. The summed E-state index contributed by atoms with van der Waals surface area (Å²) >= 11 is 0. The smallest absolute Gasteiger partial charge is 0.232 e. The maximum atomic E-state index is 11.7. The number of ketones is 1. The van der Waals surface area contributed by atoms with Gasteiger partial charge in [-0.2, -0.15) is 0 Å². The molecule has 0 heterocycles. The van der Waals surface area contributed by atoms with Crippen LogP contribution < -0.4 is 4.72 Å². The van der Waals surface area contributed by atoms with E-state index >= 15 is 0 Å². The van der Waals surface area contributed by atoms with Crippen molar-refractivity contribution >= 4 is 21.5 Å². The first-order valence-electron chi connectivity index (χ1n) is 5.58. The quantitative estimate of drug-likeness (QED) is 0.817. The molecule has 0 atom stereocenters. The fourth-order valence-electron chi connectivity index (χ4n) is 1.62. The van der Waals surface area contributed by atoms with Gasteiger partial charge in [0.25, 0.3) is 0 Å². The highest BCUT2D eigenvalue weighted by Gasteiger charge is 2.27. The fourth-order valence-corrected chi connectivity index (χ4v) is 3.14. The highest BCUT2D eigenvalue weighted by molar-refractivity contribution is 7.92. The van der Waals surface area contributed by atoms with E-state index in [0.717, 1.165) is 12.8 Å². The SMILES string of the molecule is CC(=O)c1cccc(NS(=O)(=O)CC2CC2)c1. The summed E-state index contributed by atoms with van der Waals surface area (Å²) < 4.78 is 26.0. The largest absolute Gasteiger partial charge is 0.295 e. The van der Waals surface area contributed by atoms with Crippen LogP contribution in [-0.4, -0.2) is 20.0 Å². The van der Waals surface area contributed by atoms with Gasteiger partial charge in [0.05, 0.1) is 5.75 Å². The minimum atomic E-state index is -3.28. The van der Waals surface area contributed by atoms with Crippen LogP contribution in [0.25, 0.3) is 0 Å². The highest BCUT2D eigenvalue weighted by Crippen LogP contribution is 2.30. The second-order valence-corrected chi connectivity index (χ2v) is 6.23. The third-order valence-electron chi connectivity index (χ3n) is 2.69. The van der Waals surface area contributed by atoms with E-state index in [1.165, 1.54) is 6.92 Å². The number of hydrogen-bond acceptors (Lipinski definition) is 3. The van der Waals surface area contributed by atoms with Crippen molar-refractivity contribution in [2.24, 2.45) is 5.92 Å². The molecule has 1 aliphatic carbocycles. The van der Waals surface area contributed by atoms with Crippen molar-refractivity contribution in [2.45, 2.75) is 19.8 Å². The van der Waals surface area contributed by atoms with E-state index in [-0.39, 0.29) is 11.5 Å². The Hall–Kier alpha value is -1.36. The number of hydrogen-bond donors (Lipinski definition) is 1. The number of carbonyl (C=O) groups is 1. The number of nitrogens with one attached hydrogen (secondary N) is 1. The molecule has 0 radical (unpaired) electrons. The second kappa shape index (κ2) is 4.49. The predicted octanol–water partition coefficient (Wildman–Crippen LogP) is 2.04. The Morgan fingerprint density at radius 3 is 2.71 bits per heavy atom. The Morgan fingerprint density at radius 1 is 1.41 bits per heavy atom. The summed E-state index contributed by atoms with van der Waals surface area (Å²) in [5, 5.41) is 0. The van der Waals surface area contributed by atoms with Gasteiger partial charge in [-0.1, -0.05) is 12.1 Å². The predicted molar refractivity (Wildman–Crippen MR) is 66.6 cm³/mol. The molecular formula is C12H15NO3S. The maximum absolute atomic E-state index is 11.7. The summed E-state index contributed by atoms with van der Waals surface area (Å²) in [6, 6.07) is 6.55. The zero-order chi connectivity index (χ0) is 12.5. The molecule has 0 saturated heterocycles. The van der Waals surface area contributed by atoms with Gasteiger partial charge in [0.2, 0.25) is 10.0 Å².